The van der Waals surface area contributed by atoms with Crippen molar-refractivity contribution in [2.24, 2.45) is 0 Å². The van der Waals surface area contributed by atoms with Gasteiger partial charge in [-0.2, -0.15) is 28.2 Å². The number of carboxylic acids is 1. The van der Waals surface area contributed by atoms with Gasteiger partial charge in [-0.3, -0.25) is 4.79 Å². The molecule has 160 valence electrons. The fourth-order valence-corrected chi connectivity index (χ4v) is 4.92. The van der Waals surface area contributed by atoms with Gasteiger partial charge in [-0.25, -0.2) is 0 Å². The van der Waals surface area contributed by atoms with Gasteiger partial charge in [0.05, 0.1) is 29.1 Å². The molecular formula is C21H16F3N3O2S2. The van der Waals surface area contributed by atoms with Crippen LogP contribution in [0.15, 0.2) is 52.7 Å². The molecule has 0 radical (unpaired) electrons. The van der Waals surface area contributed by atoms with Crippen LogP contribution in [-0.4, -0.2) is 26.1 Å². The Bertz CT molecular complexity index is 1250. The Morgan fingerprint density at radius 1 is 1.16 bits per heavy atom. The van der Waals surface area contributed by atoms with E-state index >= 15 is 0 Å². The van der Waals surface area contributed by atoms with Gasteiger partial charge in [0.2, 0.25) is 0 Å². The number of alkyl halides is 3. The third-order valence-corrected chi connectivity index (χ3v) is 6.66. The number of fused-ring (bicyclic) bond motifs is 1. The number of thiophene rings is 1. The van der Waals surface area contributed by atoms with Gasteiger partial charge in [0.1, 0.15) is 0 Å². The second-order valence-electron chi connectivity index (χ2n) is 6.84. The number of carboxylic acid groups (broad SMARTS) is 1. The number of benzene rings is 2. The number of thioether (sulfide) groups is 1. The summed E-state index contributed by atoms with van der Waals surface area (Å²) in [6.07, 6.45) is -4.41. The minimum absolute atomic E-state index is 0.0192. The lowest BCUT2D eigenvalue weighted by atomic mass is 10.1. The van der Waals surface area contributed by atoms with Gasteiger partial charge in [0.25, 0.3) is 0 Å². The predicted molar refractivity (Wildman–Crippen MR) is 114 cm³/mol. The summed E-state index contributed by atoms with van der Waals surface area (Å²) in [5.41, 5.74) is 1.93. The number of carbonyl (C=O) groups is 1. The fourth-order valence-electron chi connectivity index (χ4n) is 3.04. The molecular weight excluding hydrogens is 447 g/mol. The molecule has 0 spiro atoms. The maximum absolute atomic E-state index is 12.7. The van der Waals surface area contributed by atoms with E-state index in [9.17, 15) is 18.0 Å². The van der Waals surface area contributed by atoms with Crippen LogP contribution in [0.2, 0.25) is 0 Å². The molecule has 4 rings (SSSR count). The first kappa shape index (κ1) is 21.4. The third-order valence-electron chi connectivity index (χ3n) is 4.65. The van der Waals surface area contributed by atoms with Crippen molar-refractivity contribution in [1.82, 2.24) is 15.0 Å². The van der Waals surface area contributed by atoms with Crippen LogP contribution in [0, 0.1) is 6.92 Å². The third kappa shape index (κ3) is 4.75. The van der Waals surface area contributed by atoms with Crippen molar-refractivity contribution in [3.05, 3.63) is 70.4 Å². The lowest BCUT2D eigenvalue weighted by Crippen LogP contribution is -2.06. The first-order valence-corrected chi connectivity index (χ1v) is 11.0. The topological polar surface area (TPSA) is 68.0 Å². The van der Waals surface area contributed by atoms with E-state index in [2.05, 4.69) is 10.2 Å². The van der Waals surface area contributed by atoms with Crippen LogP contribution in [0.5, 0.6) is 0 Å². The number of hydrogen-bond acceptors (Lipinski definition) is 5. The Balaban J connectivity index is 1.51. The van der Waals surface area contributed by atoms with Crippen molar-refractivity contribution in [3.8, 4) is 5.69 Å². The second-order valence-corrected chi connectivity index (χ2v) is 8.80. The maximum Gasteiger partial charge on any atom is 0.416 e. The average molecular weight is 464 g/mol. The van der Waals surface area contributed by atoms with Crippen molar-refractivity contribution in [3.63, 3.8) is 0 Å². The first-order chi connectivity index (χ1) is 14.7. The lowest BCUT2D eigenvalue weighted by Gasteiger charge is -2.06. The minimum Gasteiger partial charge on any atom is -0.481 e. The number of rotatable bonds is 6. The monoisotopic (exact) mass is 463 g/mol. The Kier molecular flexibility index (Phi) is 5.76. The molecule has 2 aromatic carbocycles. The van der Waals surface area contributed by atoms with E-state index in [1.807, 2.05) is 23.6 Å². The molecule has 0 aliphatic carbocycles. The van der Waals surface area contributed by atoms with E-state index < -0.39 is 17.7 Å². The van der Waals surface area contributed by atoms with Crippen molar-refractivity contribution < 1.29 is 23.1 Å². The summed E-state index contributed by atoms with van der Waals surface area (Å²) in [5, 5.41) is 20.6. The summed E-state index contributed by atoms with van der Waals surface area (Å²) >= 11 is 3.06. The van der Waals surface area contributed by atoms with Gasteiger partial charge in [-0.15, -0.1) is 23.1 Å². The van der Waals surface area contributed by atoms with Crippen LogP contribution in [-0.2, 0) is 23.1 Å². The van der Waals surface area contributed by atoms with E-state index in [0.717, 1.165) is 38.4 Å². The maximum atomic E-state index is 12.7. The van der Waals surface area contributed by atoms with Gasteiger partial charge in [0, 0.05) is 15.3 Å². The summed E-state index contributed by atoms with van der Waals surface area (Å²) in [5.74, 6) is -0.343. The molecule has 0 fully saturated rings. The summed E-state index contributed by atoms with van der Waals surface area (Å²) in [6.45, 7) is 1.80. The first-order valence-electron chi connectivity index (χ1n) is 9.16. The molecule has 0 amide bonds. The van der Waals surface area contributed by atoms with Gasteiger partial charge in [-0.1, -0.05) is 0 Å². The molecule has 0 unspecified atom stereocenters. The van der Waals surface area contributed by atoms with E-state index in [0.29, 0.717) is 17.1 Å². The van der Waals surface area contributed by atoms with Crippen molar-refractivity contribution in [2.45, 2.75) is 30.2 Å². The van der Waals surface area contributed by atoms with E-state index in [1.165, 1.54) is 28.3 Å². The van der Waals surface area contributed by atoms with Crippen LogP contribution >= 0.6 is 23.1 Å². The summed E-state index contributed by atoms with van der Waals surface area (Å²) < 4.78 is 39.3. The average Bonchev–Trinajstić information content (AvgIpc) is 3.28. The number of hydrogen-bond donors (Lipinski definition) is 1. The summed E-state index contributed by atoms with van der Waals surface area (Å²) in [4.78, 5) is 13.4. The minimum atomic E-state index is -4.39. The Morgan fingerprint density at radius 2 is 1.90 bits per heavy atom. The number of aryl methyl sites for hydroxylation is 1. The van der Waals surface area contributed by atoms with E-state index in [1.54, 1.807) is 18.7 Å². The van der Waals surface area contributed by atoms with Gasteiger partial charge >= 0.3 is 12.1 Å². The molecule has 31 heavy (non-hydrogen) atoms. The Hall–Kier alpha value is -2.85. The second kappa shape index (κ2) is 8.35. The number of aromatic nitrogens is 3. The molecule has 4 aromatic rings. The molecule has 2 aromatic heterocycles. The zero-order valence-corrected chi connectivity index (χ0v) is 17.8. The highest BCUT2D eigenvalue weighted by Gasteiger charge is 2.30. The molecule has 0 saturated carbocycles. The van der Waals surface area contributed by atoms with Gasteiger partial charge in [-0.05, 0) is 65.7 Å². The van der Waals surface area contributed by atoms with Crippen LogP contribution in [0.1, 0.15) is 22.5 Å². The van der Waals surface area contributed by atoms with Crippen molar-refractivity contribution in [2.75, 3.05) is 0 Å². The zero-order chi connectivity index (χ0) is 22.2. The van der Waals surface area contributed by atoms with Crippen LogP contribution < -0.4 is 0 Å². The number of aliphatic carboxylic acids is 1. The Labute approximate surface area is 183 Å². The molecule has 5 nitrogen and oxygen atoms in total. The lowest BCUT2D eigenvalue weighted by molar-refractivity contribution is -0.138. The molecule has 0 aliphatic heterocycles. The Morgan fingerprint density at radius 3 is 2.58 bits per heavy atom. The van der Waals surface area contributed by atoms with Crippen LogP contribution in [0.4, 0.5) is 13.2 Å². The SMILES string of the molecule is Cc1nn(-c2ccc(C(F)(F)F)cc2)nc1CSc1ccc2scc(CC(=O)O)c2c1. The predicted octanol–water partition coefficient (Wildman–Crippen LogP) is 5.73. The van der Waals surface area contributed by atoms with Gasteiger partial charge in [0.15, 0.2) is 0 Å². The fraction of sp³-hybridized carbons (Fsp3) is 0.190. The van der Waals surface area contributed by atoms with Gasteiger partial charge < -0.3 is 5.11 Å². The largest absolute Gasteiger partial charge is 0.481 e. The number of nitrogens with zero attached hydrogens (tertiary/aromatic N) is 3. The molecule has 2 heterocycles. The molecule has 1 N–H and O–H groups in total. The normalized spacial score (nSPS) is 11.9. The standard InChI is InChI=1S/C21H16F3N3O2S2/c1-12-18(26-27(25-12)15-4-2-14(3-5-15)21(22,23)24)11-30-16-6-7-19-17(9-16)13(10-31-19)8-20(28)29/h2-7,9-10H,8,11H2,1H3,(H,28,29). The highest BCUT2D eigenvalue weighted by molar-refractivity contribution is 7.98. The highest BCUT2D eigenvalue weighted by Crippen LogP contribution is 2.32. The molecule has 0 atom stereocenters. The van der Waals surface area contributed by atoms with Crippen LogP contribution in [0.3, 0.4) is 0 Å². The summed E-state index contributed by atoms with van der Waals surface area (Å²) in [6, 6.07) is 10.6. The highest BCUT2D eigenvalue weighted by atomic mass is 32.2. The quantitative estimate of drug-likeness (QED) is 0.370. The molecule has 0 bridgehead atoms. The van der Waals surface area contributed by atoms with Crippen molar-refractivity contribution in [1.29, 1.82) is 0 Å². The smallest absolute Gasteiger partial charge is 0.416 e. The van der Waals surface area contributed by atoms with Crippen molar-refractivity contribution >= 4 is 39.2 Å². The van der Waals surface area contributed by atoms with Crippen LogP contribution in [0.25, 0.3) is 15.8 Å². The molecule has 10 heteroatoms. The van der Waals surface area contributed by atoms with E-state index in [4.69, 9.17) is 5.11 Å². The molecule has 0 saturated heterocycles. The number of halogens is 3. The zero-order valence-electron chi connectivity index (χ0n) is 16.2. The summed E-state index contributed by atoms with van der Waals surface area (Å²) in [7, 11) is 0. The van der Waals surface area contributed by atoms with E-state index in [-0.39, 0.29) is 6.42 Å². The molecule has 0 aliphatic rings.